The number of rotatable bonds is 2. The van der Waals surface area contributed by atoms with E-state index in [0.717, 1.165) is 6.54 Å². The summed E-state index contributed by atoms with van der Waals surface area (Å²) >= 11 is 0. The first-order valence-electron chi connectivity index (χ1n) is 5.86. The molecule has 0 saturated carbocycles. The van der Waals surface area contributed by atoms with Crippen LogP contribution >= 0.6 is 0 Å². The predicted octanol–water partition coefficient (Wildman–Crippen LogP) is 2.09. The zero-order valence-corrected chi connectivity index (χ0v) is 10.2. The molecule has 0 spiro atoms. The molecule has 0 radical (unpaired) electrons. The quantitative estimate of drug-likeness (QED) is 0.736. The van der Waals surface area contributed by atoms with Gasteiger partial charge in [-0.15, -0.1) is 0 Å². The van der Waals surface area contributed by atoms with Crippen LogP contribution in [-0.4, -0.2) is 30.6 Å². The van der Waals surface area contributed by atoms with Gasteiger partial charge in [0.15, 0.2) is 0 Å². The van der Waals surface area contributed by atoms with E-state index in [1.165, 1.54) is 25.9 Å². The molecular formula is C12H26N2. The summed E-state index contributed by atoms with van der Waals surface area (Å²) in [5.74, 6) is 0.709. The van der Waals surface area contributed by atoms with E-state index in [2.05, 4.69) is 32.6 Å². The second-order valence-corrected chi connectivity index (χ2v) is 6.04. The summed E-state index contributed by atoms with van der Waals surface area (Å²) in [6.07, 6.45) is 2.54. The largest absolute Gasteiger partial charge is 0.326 e. The van der Waals surface area contributed by atoms with Crippen molar-refractivity contribution >= 4 is 0 Å². The van der Waals surface area contributed by atoms with E-state index in [1.54, 1.807) is 0 Å². The molecular weight excluding hydrogens is 172 g/mol. The normalized spacial score (nSPS) is 30.6. The maximum absolute atomic E-state index is 6.07. The van der Waals surface area contributed by atoms with Crippen LogP contribution in [0.5, 0.6) is 0 Å². The van der Waals surface area contributed by atoms with Crippen LogP contribution in [0.1, 0.15) is 40.5 Å². The van der Waals surface area contributed by atoms with E-state index < -0.39 is 0 Å². The average Bonchev–Trinajstić information content (AvgIpc) is 2.06. The van der Waals surface area contributed by atoms with Crippen molar-refractivity contribution in [2.24, 2.45) is 17.1 Å². The zero-order valence-electron chi connectivity index (χ0n) is 10.2. The fraction of sp³-hybridized carbons (Fsp3) is 1.00. The van der Waals surface area contributed by atoms with Crippen molar-refractivity contribution in [2.75, 3.05) is 19.6 Å². The molecule has 0 aromatic heterocycles. The molecule has 2 heteroatoms. The lowest BCUT2D eigenvalue weighted by Gasteiger charge is -2.36. The van der Waals surface area contributed by atoms with E-state index in [1.807, 2.05) is 0 Å². The molecule has 1 fully saturated rings. The van der Waals surface area contributed by atoms with Gasteiger partial charge in [0.05, 0.1) is 0 Å². The van der Waals surface area contributed by atoms with E-state index in [4.69, 9.17) is 5.73 Å². The third-order valence-corrected chi connectivity index (χ3v) is 3.28. The maximum atomic E-state index is 6.07. The Bertz CT molecular complexity index is 172. The van der Waals surface area contributed by atoms with Gasteiger partial charge in [0.25, 0.3) is 0 Å². The van der Waals surface area contributed by atoms with Crippen LogP contribution in [-0.2, 0) is 0 Å². The molecule has 2 N–H and O–H groups in total. The van der Waals surface area contributed by atoms with Crippen molar-refractivity contribution in [3.8, 4) is 0 Å². The number of hydrogen-bond acceptors (Lipinski definition) is 2. The van der Waals surface area contributed by atoms with Gasteiger partial charge in [-0.05, 0) is 37.3 Å². The summed E-state index contributed by atoms with van der Waals surface area (Å²) in [4.78, 5) is 2.52. The fourth-order valence-corrected chi connectivity index (χ4v) is 1.87. The summed E-state index contributed by atoms with van der Waals surface area (Å²) in [6, 6.07) is 0.392. The summed E-state index contributed by atoms with van der Waals surface area (Å²) in [5, 5.41) is 0. The number of hydrogen-bond donors (Lipinski definition) is 1. The van der Waals surface area contributed by atoms with Crippen LogP contribution in [0.2, 0.25) is 0 Å². The maximum Gasteiger partial charge on any atom is 0.0194 e. The van der Waals surface area contributed by atoms with Crippen molar-refractivity contribution in [3.63, 3.8) is 0 Å². The van der Waals surface area contributed by atoms with Crippen molar-refractivity contribution in [3.05, 3.63) is 0 Å². The van der Waals surface area contributed by atoms with Gasteiger partial charge in [-0.3, -0.25) is 0 Å². The molecule has 0 bridgehead atoms. The van der Waals surface area contributed by atoms with Crippen LogP contribution in [0.25, 0.3) is 0 Å². The Labute approximate surface area is 88.8 Å². The molecule has 1 aliphatic rings. The number of nitrogens with zero attached hydrogens (tertiary/aromatic N) is 1. The minimum atomic E-state index is 0.392. The van der Waals surface area contributed by atoms with Gasteiger partial charge < -0.3 is 10.6 Å². The molecule has 1 heterocycles. The van der Waals surface area contributed by atoms with Gasteiger partial charge in [0.2, 0.25) is 0 Å². The Kier molecular flexibility index (Phi) is 3.96. The Balaban J connectivity index is 2.27. The minimum absolute atomic E-state index is 0.392. The molecule has 2 nitrogen and oxygen atoms in total. The first-order valence-corrected chi connectivity index (χ1v) is 5.86. The van der Waals surface area contributed by atoms with Crippen molar-refractivity contribution < 1.29 is 0 Å². The predicted molar refractivity (Wildman–Crippen MR) is 62.3 cm³/mol. The van der Waals surface area contributed by atoms with E-state index in [0.29, 0.717) is 17.4 Å². The van der Waals surface area contributed by atoms with Crippen molar-refractivity contribution in [2.45, 2.75) is 46.6 Å². The summed E-state index contributed by atoms with van der Waals surface area (Å²) in [5.41, 5.74) is 6.52. The third kappa shape index (κ3) is 3.97. The molecule has 2 unspecified atom stereocenters. The van der Waals surface area contributed by atoms with Gasteiger partial charge in [-0.25, -0.2) is 0 Å². The molecule has 2 atom stereocenters. The second kappa shape index (κ2) is 4.63. The average molecular weight is 198 g/mol. The van der Waals surface area contributed by atoms with Gasteiger partial charge in [-0.2, -0.15) is 0 Å². The zero-order chi connectivity index (χ0) is 10.8. The molecule has 0 aromatic carbocycles. The SMILES string of the molecule is CC1CCN(CCC(C)(C)C)CC1N. The molecule has 1 saturated heterocycles. The van der Waals surface area contributed by atoms with E-state index >= 15 is 0 Å². The van der Waals surface area contributed by atoms with Crippen LogP contribution in [0.15, 0.2) is 0 Å². The van der Waals surface area contributed by atoms with Gasteiger partial charge in [-0.1, -0.05) is 27.7 Å². The summed E-state index contributed by atoms with van der Waals surface area (Å²) in [6.45, 7) is 12.7. The van der Waals surface area contributed by atoms with Crippen LogP contribution in [0, 0.1) is 11.3 Å². The first kappa shape index (κ1) is 12.0. The highest BCUT2D eigenvalue weighted by Crippen LogP contribution is 2.21. The van der Waals surface area contributed by atoms with Crippen LogP contribution in [0.3, 0.4) is 0 Å². The standard InChI is InChI=1S/C12H26N2/c1-10-5-7-14(9-11(10)13)8-6-12(2,3)4/h10-11H,5-9,13H2,1-4H3. The topological polar surface area (TPSA) is 29.3 Å². The lowest BCUT2D eigenvalue weighted by molar-refractivity contribution is 0.151. The lowest BCUT2D eigenvalue weighted by Crippen LogP contribution is -2.48. The Morgan fingerprint density at radius 1 is 1.36 bits per heavy atom. The Hall–Kier alpha value is -0.0800. The fourth-order valence-electron chi connectivity index (χ4n) is 1.87. The Morgan fingerprint density at radius 3 is 2.50 bits per heavy atom. The van der Waals surface area contributed by atoms with Crippen LogP contribution in [0.4, 0.5) is 0 Å². The number of nitrogens with two attached hydrogens (primary N) is 1. The second-order valence-electron chi connectivity index (χ2n) is 6.04. The minimum Gasteiger partial charge on any atom is -0.326 e. The molecule has 1 aliphatic heterocycles. The van der Waals surface area contributed by atoms with Gasteiger partial charge >= 0.3 is 0 Å². The highest BCUT2D eigenvalue weighted by atomic mass is 15.1. The monoisotopic (exact) mass is 198 g/mol. The molecule has 0 aromatic rings. The van der Waals surface area contributed by atoms with E-state index in [9.17, 15) is 0 Å². The van der Waals surface area contributed by atoms with Gasteiger partial charge in [0.1, 0.15) is 0 Å². The first-order chi connectivity index (χ1) is 6.38. The third-order valence-electron chi connectivity index (χ3n) is 3.28. The molecule has 0 aliphatic carbocycles. The van der Waals surface area contributed by atoms with Crippen molar-refractivity contribution in [1.82, 2.24) is 4.90 Å². The summed E-state index contributed by atoms with van der Waals surface area (Å²) < 4.78 is 0. The number of piperidine rings is 1. The van der Waals surface area contributed by atoms with E-state index in [-0.39, 0.29) is 0 Å². The lowest BCUT2D eigenvalue weighted by atomic mass is 9.90. The number of likely N-dealkylation sites (tertiary alicyclic amines) is 1. The summed E-state index contributed by atoms with van der Waals surface area (Å²) in [7, 11) is 0. The van der Waals surface area contributed by atoms with Crippen molar-refractivity contribution in [1.29, 1.82) is 0 Å². The smallest absolute Gasteiger partial charge is 0.0194 e. The van der Waals surface area contributed by atoms with Crippen LogP contribution < -0.4 is 5.73 Å². The highest BCUT2D eigenvalue weighted by Gasteiger charge is 2.23. The molecule has 84 valence electrons. The molecule has 1 rings (SSSR count). The Morgan fingerprint density at radius 2 is 2.00 bits per heavy atom. The molecule has 0 amide bonds. The highest BCUT2D eigenvalue weighted by molar-refractivity contribution is 4.81. The van der Waals surface area contributed by atoms with Gasteiger partial charge in [0, 0.05) is 12.6 Å². The molecule has 14 heavy (non-hydrogen) atoms.